The fourth-order valence-electron chi connectivity index (χ4n) is 2.73. The SMILES string of the molecule is COc1ccc(N([C@@H](C)C(=O)N/N=C\c2ccc(OC)c([N+](=O)[O-])c2)S(C)(=O)=O)cc1. The fourth-order valence-corrected chi connectivity index (χ4v) is 3.91. The molecule has 12 heteroatoms. The van der Waals surface area contributed by atoms with Crippen molar-refractivity contribution in [2.24, 2.45) is 5.10 Å². The number of rotatable bonds is 9. The number of nitro benzene ring substituents is 1. The van der Waals surface area contributed by atoms with Crippen molar-refractivity contribution < 1.29 is 27.6 Å². The van der Waals surface area contributed by atoms with E-state index in [0.717, 1.165) is 10.6 Å². The molecule has 0 unspecified atom stereocenters. The monoisotopic (exact) mass is 450 g/mol. The number of anilines is 1. The Kier molecular flexibility index (Phi) is 7.53. The molecule has 166 valence electrons. The van der Waals surface area contributed by atoms with Gasteiger partial charge in [-0.05, 0) is 43.3 Å². The Labute approximate surface area is 179 Å². The van der Waals surface area contributed by atoms with Crippen molar-refractivity contribution in [3.63, 3.8) is 0 Å². The first-order valence-electron chi connectivity index (χ1n) is 8.87. The van der Waals surface area contributed by atoms with Crippen molar-refractivity contribution in [3.05, 3.63) is 58.1 Å². The predicted molar refractivity (Wildman–Crippen MR) is 115 cm³/mol. The molecule has 0 radical (unpaired) electrons. The summed E-state index contributed by atoms with van der Waals surface area (Å²) in [7, 11) is -0.996. The maximum atomic E-state index is 12.5. The van der Waals surface area contributed by atoms with Crippen molar-refractivity contribution in [1.82, 2.24) is 5.43 Å². The van der Waals surface area contributed by atoms with E-state index in [1.165, 1.54) is 57.7 Å². The number of nitro groups is 1. The first kappa shape index (κ1) is 23.6. The Morgan fingerprint density at radius 1 is 1.19 bits per heavy atom. The summed E-state index contributed by atoms with van der Waals surface area (Å²) in [5.74, 6) is -0.0731. The summed E-state index contributed by atoms with van der Waals surface area (Å²) in [6, 6.07) is 9.22. The molecule has 0 bridgehead atoms. The number of hydrogen-bond acceptors (Lipinski definition) is 8. The summed E-state index contributed by atoms with van der Waals surface area (Å²) >= 11 is 0. The molecule has 2 aromatic rings. The zero-order chi connectivity index (χ0) is 23.2. The number of benzene rings is 2. The molecule has 0 aliphatic carbocycles. The van der Waals surface area contributed by atoms with Gasteiger partial charge in [-0.25, -0.2) is 13.8 Å². The third-order valence-electron chi connectivity index (χ3n) is 4.20. The van der Waals surface area contributed by atoms with Crippen LogP contribution in [0.5, 0.6) is 11.5 Å². The predicted octanol–water partition coefficient (Wildman–Crippen LogP) is 1.92. The first-order chi connectivity index (χ1) is 14.6. The number of ether oxygens (including phenoxy) is 2. The molecule has 0 spiro atoms. The summed E-state index contributed by atoms with van der Waals surface area (Å²) in [5, 5.41) is 14.9. The highest BCUT2D eigenvalue weighted by Crippen LogP contribution is 2.27. The molecule has 1 N–H and O–H groups in total. The fraction of sp³-hybridized carbons (Fsp3) is 0.263. The van der Waals surface area contributed by atoms with Gasteiger partial charge in [0.05, 0.1) is 37.3 Å². The molecule has 0 aromatic heterocycles. The summed E-state index contributed by atoms with van der Waals surface area (Å²) in [6.45, 7) is 1.41. The van der Waals surface area contributed by atoms with Crippen molar-refractivity contribution in [2.45, 2.75) is 13.0 Å². The third-order valence-corrected chi connectivity index (χ3v) is 5.45. The lowest BCUT2D eigenvalue weighted by atomic mass is 10.2. The average Bonchev–Trinajstić information content (AvgIpc) is 2.73. The van der Waals surface area contributed by atoms with Gasteiger partial charge in [0.1, 0.15) is 11.8 Å². The highest BCUT2D eigenvalue weighted by atomic mass is 32.2. The summed E-state index contributed by atoms with van der Waals surface area (Å²) in [6.07, 6.45) is 2.19. The second-order valence-electron chi connectivity index (χ2n) is 6.36. The lowest BCUT2D eigenvalue weighted by Crippen LogP contribution is -2.46. The van der Waals surface area contributed by atoms with Gasteiger partial charge in [-0.2, -0.15) is 5.10 Å². The molecular weight excluding hydrogens is 428 g/mol. The summed E-state index contributed by atoms with van der Waals surface area (Å²) < 4.78 is 35.5. The largest absolute Gasteiger partial charge is 0.497 e. The number of nitrogens with zero attached hydrogens (tertiary/aromatic N) is 3. The minimum atomic E-state index is -3.79. The van der Waals surface area contributed by atoms with Crippen molar-refractivity contribution in [2.75, 3.05) is 24.8 Å². The first-order valence-corrected chi connectivity index (χ1v) is 10.7. The van der Waals surface area contributed by atoms with Crippen molar-refractivity contribution in [1.29, 1.82) is 0 Å². The third kappa shape index (κ3) is 5.92. The molecule has 1 amide bonds. The Morgan fingerprint density at radius 2 is 1.84 bits per heavy atom. The zero-order valence-electron chi connectivity index (χ0n) is 17.3. The quantitative estimate of drug-likeness (QED) is 0.349. The molecule has 0 heterocycles. The highest BCUT2D eigenvalue weighted by Gasteiger charge is 2.29. The standard InChI is InChI=1S/C19H22N4O7S/c1-13(22(31(4,27)28)15-6-8-16(29-2)9-7-15)19(24)21-20-12-14-5-10-18(30-3)17(11-14)23(25)26/h5-13H,1-4H3,(H,21,24)/b20-12-/t13-/m0/s1. The molecule has 0 aliphatic rings. The molecule has 1 atom stereocenters. The van der Waals surface area contributed by atoms with E-state index < -0.39 is 26.9 Å². The molecule has 0 fully saturated rings. The van der Waals surface area contributed by atoms with Crippen LogP contribution in [-0.2, 0) is 14.8 Å². The van der Waals surface area contributed by atoms with Gasteiger partial charge in [-0.3, -0.25) is 19.2 Å². The van der Waals surface area contributed by atoms with Crippen LogP contribution in [0.1, 0.15) is 12.5 Å². The normalized spacial score (nSPS) is 12.3. The van der Waals surface area contributed by atoms with Crippen LogP contribution in [0.3, 0.4) is 0 Å². The van der Waals surface area contributed by atoms with E-state index in [2.05, 4.69) is 10.5 Å². The molecule has 0 saturated carbocycles. The second kappa shape index (κ2) is 9.89. The number of amides is 1. The van der Waals surface area contributed by atoms with Gasteiger partial charge < -0.3 is 9.47 Å². The van der Waals surface area contributed by atoms with E-state index in [1.54, 1.807) is 12.1 Å². The van der Waals surface area contributed by atoms with Crippen LogP contribution >= 0.6 is 0 Å². The molecule has 0 saturated heterocycles. The van der Waals surface area contributed by atoms with Crippen LogP contribution in [0.15, 0.2) is 47.6 Å². The maximum Gasteiger partial charge on any atom is 0.311 e. The molecule has 0 aliphatic heterocycles. The average molecular weight is 450 g/mol. The Bertz CT molecular complexity index is 1080. The minimum absolute atomic E-state index is 0.0862. The van der Waals surface area contributed by atoms with Gasteiger partial charge in [-0.15, -0.1) is 0 Å². The van der Waals surface area contributed by atoms with Crippen LogP contribution < -0.4 is 19.2 Å². The summed E-state index contributed by atoms with van der Waals surface area (Å²) in [4.78, 5) is 23.0. The Hall–Kier alpha value is -3.67. The van der Waals surface area contributed by atoms with Crippen LogP contribution in [0.2, 0.25) is 0 Å². The van der Waals surface area contributed by atoms with Gasteiger partial charge >= 0.3 is 5.69 Å². The van der Waals surface area contributed by atoms with Gasteiger partial charge in [0, 0.05) is 11.6 Å². The van der Waals surface area contributed by atoms with Gasteiger partial charge in [0.2, 0.25) is 10.0 Å². The van der Waals surface area contributed by atoms with E-state index in [1.807, 2.05) is 0 Å². The second-order valence-corrected chi connectivity index (χ2v) is 8.21. The number of hydrazone groups is 1. The number of hydrogen-bond donors (Lipinski definition) is 1. The smallest absolute Gasteiger partial charge is 0.311 e. The van der Waals surface area contributed by atoms with Gasteiger partial charge in [0.15, 0.2) is 5.75 Å². The molecular formula is C19H22N4O7S. The number of carbonyl (C=O) groups excluding carboxylic acids is 1. The minimum Gasteiger partial charge on any atom is -0.497 e. The van der Waals surface area contributed by atoms with Crippen LogP contribution in [-0.4, -0.2) is 52.0 Å². The van der Waals surface area contributed by atoms with E-state index in [0.29, 0.717) is 11.3 Å². The van der Waals surface area contributed by atoms with Crippen molar-refractivity contribution >= 4 is 33.5 Å². The number of sulfonamides is 1. The molecule has 2 aromatic carbocycles. The number of carbonyl (C=O) groups is 1. The maximum absolute atomic E-state index is 12.5. The van der Waals surface area contributed by atoms with E-state index >= 15 is 0 Å². The van der Waals surface area contributed by atoms with E-state index in [4.69, 9.17) is 9.47 Å². The lowest BCUT2D eigenvalue weighted by molar-refractivity contribution is -0.385. The lowest BCUT2D eigenvalue weighted by Gasteiger charge is -2.27. The van der Waals surface area contributed by atoms with Crippen LogP contribution in [0, 0.1) is 10.1 Å². The number of nitrogens with one attached hydrogen (secondary N) is 1. The van der Waals surface area contributed by atoms with Crippen LogP contribution in [0.25, 0.3) is 0 Å². The highest BCUT2D eigenvalue weighted by molar-refractivity contribution is 7.92. The molecule has 2 rings (SSSR count). The molecule has 31 heavy (non-hydrogen) atoms. The Morgan fingerprint density at radius 3 is 2.35 bits per heavy atom. The van der Waals surface area contributed by atoms with Crippen molar-refractivity contribution in [3.8, 4) is 11.5 Å². The van der Waals surface area contributed by atoms with E-state index in [9.17, 15) is 23.3 Å². The van der Waals surface area contributed by atoms with Gasteiger partial charge in [-0.1, -0.05) is 0 Å². The summed E-state index contributed by atoms with van der Waals surface area (Å²) in [5.41, 5.74) is 2.62. The van der Waals surface area contributed by atoms with Crippen LogP contribution in [0.4, 0.5) is 11.4 Å². The van der Waals surface area contributed by atoms with E-state index in [-0.39, 0.29) is 17.1 Å². The topological polar surface area (TPSA) is 140 Å². The van der Waals surface area contributed by atoms with Gasteiger partial charge in [0.25, 0.3) is 5.91 Å². The zero-order valence-corrected chi connectivity index (χ0v) is 18.1. The molecule has 11 nitrogen and oxygen atoms in total. The Balaban J connectivity index is 2.19. The number of methoxy groups -OCH3 is 2.